The minimum atomic E-state index is 0.442. The van der Waals surface area contributed by atoms with Gasteiger partial charge in [-0.3, -0.25) is 0 Å². The van der Waals surface area contributed by atoms with E-state index >= 15 is 0 Å². The monoisotopic (exact) mass is 239 g/mol. The molecule has 0 saturated carbocycles. The van der Waals surface area contributed by atoms with E-state index in [-0.39, 0.29) is 0 Å². The highest BCUT2D eigenvalue weighted by molar-refractivity contribution is 5.64. The molecule has 0 spiro atoms. The first-order valence-corrected chi connectivity index (χ1v) is 6.47. The second kappa shape index (κ2) is 5.83. The number of allylic oxidation sites excluding steroid dienone is 2. The third-order valence-corrected chi connectivity index (χ3v) is 3.30. The van der Waals surface area contributed by atoms with E-state index in [2.05, 4.69) is 68.2 Å². The Hall–Kier alpha value is -1.60. The zero-order valence-electron chi connectivity index (χ0n) is 11.2. The summed E-state index contributed by atoms with van der Waals surface area (Å²) in [6, 6.07) is 8.99. The molecule has 0 fully saturated rings. The van der Waals surface area contributed by atoms with E-state index in [0.29, 0.717) is 6.04 Å². The minimum absolute atomic E-state index is 0.442. The van der Waals surface area contributed by atoms with Crippen molar-refractivity contribution in [2.24, 2.45) is 0 Å². The van der Waals surface area contributed by atoms with Gasteiger partial charge in [0.1, 0.15) is 0 Å². The summed E-state index contributed by atoms with van der Waals surface area (Å²) < 4.78 is 0. The van der Waals surface area contributed by atoms with Gasteiger partial charge in [0.15, 0.2) is 0 Å². The molecule has 1 aliphatic rings. The molecule has 0 bridgehead atoms. The average molecular weight is 239 g/mol. The van der Waals surface area contributed by atoms with Crippen LogP contribution >= 0.6 is 0 Å². The molecule has 0 aliphatic heterocycles. The van der Waals surface area contributed by atoms with E-state index in [0.717, 1.165) is 18.5 Å². The molecule has 1 N–H and O–H groups in total. The molecule has 0 heterocycles. The van der Waals surface area contributed by atoms with Crippen LogP contribution in [0.3, 0.4) is 0 Å². The maximum atomic E-state index is 4.16. The van der Waals surface area contributed by atoms with Gasteiger partial charge >= 0.3 is 0 Å². The van der Waals surface area contributed by atoms with Gasteiger partial charge in [0, 0.05) is 12.6 Å². The van der Waals surface area contributed by atoms with Gasteiger partial charge in [-0.1, -0.05) is 60.2 Å². The number of rotatable bonds is 4. The van der Waals surface area contributed by atoms with Crippen molar-refractivity contribution in [3.8, 4) is 0 Å². The van der Waals surface area contributed by atoms with E-state index in [1.54, 1.807) is 0 Å². The van der Waals surface area contributed by atoms with Gasteiger partial charge in [0.25, 0.3) is 0 Å². The minimum Gasteiger partial charge on any atom is -0.306 e. The fourth-order valence-corrected chi connectivity index (χ4v) is 2.12. The molecule has 1 unspecified atom stereocenters. The zero-order valence-corrected chi connectivity index (χ0v) is 11.2. The fraction of sp³-hybridized carbons (Fsp3) is 0.294. The first-order valence-electron chi connectivity index (χ1n) is 6.47. The Morgan fingerprint density at radius 3 is 2.67 bits per heavy atom. The molecule has 1 atom stereocenters. The van der Waals surface area contributed by atoms with Gasteiger partial charge in [-0.15, -0.1) is 0 Å². The molecule has 0 saturated heterocycles. The lowest BCUT2D eigenvalue weighted by Gasteiger charge is -2.19. The average Bonchev–Trinajstić information content (AvgIpc) is 2.37. The third-order valence-electron chi connectivity index (χ3n) is 3.30. The normalized spacial score (nSPS) is 18.6. The van der Waals surface area contributed by atoms with Gasteiger partial charge in [-0.2, -0.15) is 0 Å². The summed E-state index contributed by atoms with van der Waals surface area (Å²) in [6.45, 7) is 9.27. The molecule has 18 heavy (non-hydrogen) atoms. The van der Waals surface area contributed by atoms with E-state index in [9.17, 15) is 0 Å². The Bertz CT molecular complexity index is 477. The van der Waals surface area contributed by atoms with Crippen molar-refractivity contribution in [3.63, 3.8) is 0 Å². The van der Waals surface area contributed by atoms with E-state index in [1.807, 2.05) is 0 Å². The first kappa shape index (κ1) is 12.8. The molecule has 1 aromatic carbocycles. The Morgan fingerprint density at radius 2 is 2.00 bits per heavy atom. The zero-order chi connectivity index (χ0) is 13.0. The van der Waals surface area contributed by atoms with Gasteiger partial charge in [-0.25, -0.2) is 0 Å². The molecular weight excluding hydrogens is 218 g/mol. The van der Waals surface area contributed by atoms with Crippen molar-refractivity contribution >= 4 is 5.57 Å². The fourth-order valence-electron chi connectivity index (χ4n) is 2.12. The highest BCUT2D eigenvalue weighted by Crippen LogP contribution is 2.15. The maximum Gasteiger partial charge on any atom is 0.0293 e. The smallest absolute Gasteiger partial charge is 0.0293 e. The Kier molecular flexibility index (Phi) is 4.16. The topological polar surface area (TPSA) is 12.0 Å². The Morgan fingerprint density at radius 1 is 1.28 bits per heavy atom. The summed E-state index contributed by atoms with van der Waals surface area (Å²) in [7, 11) is 0. The van der Waals surface area contributed by atoms with Gasteiger partial charge < -0.3 is 5.32 Å². The number of benzene rings is 1. The lowest BCUT2D eigenvalue weighted by molar-refractivity contribution is 0.627. The number of aryl methyl sites for hydroxylation is 1. The van der Waals surface area contributed by atoms with Crippen LogP contribution in [-0.2, 0) is 0 Å². The quantitative estimate of drug-likeness (QED) is 0.841. The van der Waals surface area contributed by atoms with Crippen molar-refractivity contribution in [2.75, 3.05) is 6.54 Å². The molecule has 2 rings (SSSR count). The predicted molar refractivity (Wildman–Crippen MR) is 79.5 cm³/mol. The SMILES string of the molecule is C=C(CNC1C=CC=C(C)C1)c1ccc(C)cc1. The summed E-state index contributed by atoms with van der Waals surface area (Å²) in [6.07, 6.45) is 7.62. The van der Waals surface area contributed by atoms with Crippen molar-refractivity contribution in [2.45, 2.75) is 26.3 Å². The van der Waals surface area contributed by atoms with Crippen LogP contribution in [0, 0.1) is 6.92 Å². The molecule has 1 aliphatic carbocycles. The molecule has 1 nitrogen and oxygen atoms in total. The molecule has 94 valence electrons. The van der Waals surface area contributed by atoms with Crippen LogP contribution in [0.25, 0.3) is 5.57 Å². The highest BCUT2D eigenvalue weighted by Gasteiger charge is 2.08. The van der Waals surface area contributed by atoms with Gasteiger partial charge in [0.2, 0.25) is 0 Å². The summed E-state index contributed by atoms with van der Waals surface area (Å²) in [5.74, 6) is 0. The van der Waals surface area contributed by atoms with E-state index in [4.69, 9.17) is 0 Å². The van der Waals surface area contributed by atoms with Crippen LogP contribution in [0.2, 0.25) is 0 Å². The van der Waals surface area contributed by atoms with Crippen molar-refractivity contribution in [1.82, 2.24) is 5.32 Å². The molecule has 0 aromatic heterocycles. The summed E-state index contributed by atoms with van der Waals surface area (Å²) in [4.78, 5) is 0. The summed E-state index contributed by atoms with van der Waals surface area (Å²) in [5, 5.41) is 3.54. The molecule has 0 amide bonds. The van der Waals surface area contributed by atoms with Crippen LogP contribution < -0.4 is 5.32 Å². The van der Waals surface area contributed by atoms with Crippen LogP contribution in [0.5, 0.6) is 0 Å². The molecular formula is C17H21N. The van der Waals surface area contributed by atoms with Crippen molar-refractivity contribution in [1.29, 1.82) is 0 Å². The summed E-state index contributed by atoms with van der Waals surface area (Å²) >= 11 is 0. The third kappa shape index (κ3) is 3.44. The number of nitrogens with one attached hydrogen (secondary N) is 1. The molecule has 1 aromatic rings. The highest BCUT2D eigenvalue weighted by atomic mass is 14.9. The lowest BCUT2D eigenvalue weighted by atomic mass is 10.0. The van der Waals surface area contributed by atoms with Crippen LogP contribution in [0.4, 0.5) is 0 Å². The Balaban J connectivity index is 1.87. The maximum absolute atomic E-state index is 4.16. The Labute approximate surface area is 110 Å². The van der Waals surface area contributed by atoms with Gasteiger partial charge in [0.05, 0.1) is 0 Å². The van der Waals surface area contributed by atoms with Crippen molar-refractivity contribution < 1.29 is 0 Å². The largest absolute Gasteiger partial charge is 0.306 e. The second-order valence-corrected chi connectivity index (χ2v) is 5.06. The summed E-state index contributed by atoms with van der Waals surface area (Å²) in [5.41, 5.74) is 5.09. The number of hydrogen-bond acceptors (Lipinski definition) is 1. The van der Waals surface area contributed by atoms with Gasteiger partial charge in [-0.05, 0) is 31.4 Å². The standard InChI is InChI=1S/C17H21N/c1-13-7-9-16(10-8-13)15(3)12-18-17-6-4-5-14(2)11-17/h4-10,17-18H,3,11-12H2,1-2H3. The number of hydrogen-bond donors (Lipinski definition) is 1. The van der Waals surface area contributed by atoms with Crippen LogP contribution in [-0.4, -0.2) is 12.6 Å². The molecule has 1 heteroatoms. The van der Waals surface area contributed by atoms with Crippen LogP contribution in [0.1, 0.15) is 24.5 Å². The lowest BCUT2D eigenvalue weighted by Crippen LogP contribution is -2.29. The van der Waals surface area contributed by atoms with Crippen LogP contribution in [0.15, 0.2) is 54.6 Å². The molecule has 0 radical (unpaired) electrons. The first-order chi connectivity index (χ1) is 8.65. The van der Waals surface area contributed by atoms with Crippen molar-refractivity contribution in [3.05, 3.63) is 65.8 Å². The van der Waals surface area contributed by atoms with E-state index < -0.39 is 0 Å². The van der Waals surface area contributed by atoms with E-state index in [1.165, 1.54) is 16.7 Å². The second-order valence-electron chi connectivity index (χ2n) is 5.06. The predicted octanol–water partition coefficient (Wildman–Crippen LogP) is 3.87.